The van der Waals surface area contributed by atoms with Crippen molar-refractivity contribution in [2.45, 2.75) is 18.9 Å². The molecule has 3 aromatic rings. The topological polar surface area (TPSA) is 118 Å². The number of likely N-dealkylation sites (tertiary alicyclic amines) is 1. The summed E-state index contributed by atoms with van der Waals surface area (Å²) in [6, 6.07) is 12.0. The number of aromatic nitrogens is 2. The number of amides is 2. The first-order valence-electron chi connectivity index (χ1n) is 9.38. The van der Waals surface area contributed by atoms with E-state index in [0.29, 0.717) is 34.5 Å². The van der Waals surface area contributed by atoms with Crippen LogP contribution in [0.3, 0.4) is 0 Å². The van der Waals surface area contributed by atoms with Crippen LogP contribution in [0, 0.1) is 10.1 Å². The number of hydrogen-bond acceptors (Lipinski definition) is 7. The Bertz CT molecular complexity index is 1170. The lowest BCUT2D eigenvalue weighted by Gasteiger charge is -2.23. The summed E-state index contributed by atoms with van der Waals surface area (Å²) in [6.07, 6.45) is 1.15. The molecule has 158 valence electrons. The summed E-state index contributed by atoms with van der Waals surface area (Å²) in [5, 5.41) is 23.3. The summed E-state index contributed by atoms with van der Waals surface area (Å²) in [4.78, 5) is 37.6. The molecule has 31 heavy (non-hydrogen) atoms. The third-order valence-corrected chi connectivity index (χ3v) is 5.97. The van der Waals surface area contributed by atoms with Gasteiger partial charge in [-0.15, -0.1) is 10.2 Å². The van der Waals surface area contributed by atoms with Crippen molar-refractivity contribution in [3.05, 3.63) is 69.2 Å². The van der Waals surface area contributed by atoms with Crippen molar-refractivity contribution in [3.63, 3.8) is 0 Å². The highest BCUT2D eigenvalue weighted by Gasteiger charge is 2.35. The van der Waals surface area contributed by atoms with Gasteiger partial charge in [-0.3, -0.25) is 25.0 Å². The van der Waals surface area contributed by atoms with Crippen LogP contribution in [0.15, 0.2) is 48.5 Å². The number of carbonyl (C=O) groups is 2. The number of nitrogens with zero attached hydrogens (tertiary/aromatic N) is 4. The molecule has 1 N–H and O–H groups in total. The van der Waals surface area contributed by atoms with Crippen molar-refractivity contribution in [1.29, 1.82) is 0 Å². The smallest absolute Gasteiger partial charge is 0.270 e. The molecule has 0 radical (unpaired) electrons. The molecule has 2 heterocycles. The SMILES string of the molecule is O=C(Nc1nnc(-c2cccc(Cl)c2)s1)C1CCCN1C(=O)c1cccc([N+](=O)[O-])c1. The maximum absolute atomic E-state index is 12.9. The Morgan fingerprint density at radius 1 is 1.19 bits per heavy atom. The number of nitro benzene ring substituents is 1. The first-order valence-corrected chi connectivity index (χ1v) is 10.6. The predicted octanol–water partition coefficient (Wildman–Crippen LogP) is 4.01. The van der Waals surface area contributed by atoms with Gasteiger partial charge >= 0.3 is 0 Å². The van der Waals surface area contributed by atoms with E-state index in [4.69, 9.17) is 11.6 Å². The average Bonchev–Trinajstić information content (AvgIpc) is 3.43. The number of carbonyl (C=O) groups excluding carboxylic acids is 2. The Morgan fingerprint density at radius 3 is 2.77 bits per heavy atom. The number of nitrogens with one attached hydrogen (secondary N) is 1. The summed E-state index contributed by atoms with van der Waals surface area (Å²) in [5.41, 5.74) is 0.787. The highest BCUT2D eigenvalue weighted by atomic mass is 35.5. The minimum atomic E-state index is -0.690. The number of hydrogen-bond donors (Lipinski definition) is 1. The molecule has 1 aliphatic heterocycles. The van der Waals surface area contributed by atoms with Gasteiger partial charge in [0.2, 0.25) is 11.0 Å². The van der Waals surface area contributed by atoms with Gasteiger partial charge in [0.1, 0.15) is 11.0 Å². The highest BCUT2D eigenvalue weighted by Crippen LogP contribution is 2.29. The fourth-order valence-electron chi connectivity index (χ4n) is 3.40. The molecule has 1 saturated heterocycles. The normalized spacial score (nSPS) is 15.6. The first kappa shape index (κ1) is 20.9. The van der Waals surface area contributed by atoms with Crippen LogP contribution >= 0.6 is 22.9 Å². The molecule has 11 heteroatoms. The van der Waals surface area contributed by atoms with Crippen molar-refractivity contribution >= 4 is 45.6 Å². The van der Waals surface area contributed by atoms with Crippen molar-refractivity contribution in [3.8, 4) is 10.6 Å². The second-order valence-corrected chi connectivity index (χ2v) is 8.29. The van der Waals surface area contributed by atoms with E-state index >= 15 is 0 Å². The van der Waals surface area contributed by atoms with E-state index in [1.807, 2.05) is 6.07 Å². The number of nitro groups is 1. The van der Waals surface area contributed by atoms with E-state index in [-0.39, 0.29) is 17.2 Å². The zero-order valence-electron chi connectivity index (χ0n) is 16.0. The van der Waals surface area contributed by atoms with Gasteiger partial charge in [-0.1, -0.05) is 41.1 Å². The Balaban J connectivity index is 1.48. The Kier molecular flexibility index (Phi) is 5.92. The van der Waals surface area contributed by atoms with Gasteiger partial charge in [0.05, 0.1) is 4.92 Å². The van der Waals surface area contributed by atoms with Crippen LogP contribution in [0.1, 0.15) is 23.2 Å². The summed E-state index contributed by atoms with van der Waals surface area (Å²) in [6.45, 7) is 0.392. The fraction of sp³-hybridized carbons (Fsp3) is 0.200. The van der Waals surface area contributed by atoms with E-state index in [2.05, 4.69) is 15.5 Å². The van der Waals surface area contributed by atoms with Crippen LogP contribution in [0.2, 0.25) is 5.02 Å². The van der Waals surface area contributed by atoms with Gasteiger partial charge in [-0.25, -0.2) is 0 Å². The summed E-state index contributed by atoms with van der Waals surface area (Å²) >= 11 is 7.21. The number of non-ortho nitro benzene ring substituents is 1. The van der Waals surface area contributed by atoms with E-state index < -0.39 is 16.9 Å². The van der Waals surface area contributed by atoms with E-state index in [9.17, 15) is 19.7 Å². The van der Waals surface area contributed by atoms with E-state index in [1.54, 1.807) is 18.2 Å². The number of halogens is 1. The predicted molar refractivity (Wildman–Crippen MR) is 116 cm³/mol. The minimum absolute atomic E-state index is 0.173. The van der Waals surface area contributed by atoms with Crippen LogP contribution in [0.5, 0.6) is 0 Å². The average molecular weight is 458 g/mol. The summed E-state index contributed by atoms with van der Waals surface area (Å²) < 4.78 is 0. The molecule has 4 rings (SSSR count). The molecular formula is C20H16ClN5O4S. The second kappa shape index (κ2) is 8.78. The van der Waals surface area contributed by atoms with E-state index in [0.717, 1.165) is 5.56 Å². The van der Waals surface area contributed by atoms with Crippen LogP contribution in [-0.4, -0.2) is 44.4 Å². The maximum atomic E-state index is 12.9. The maximum Gasteiger partial charge on any atom is 0.270 e. The minimum Gasteiger partial charge on any atom is -0.327 e. The standard InChI is InChI=1S/C20H16ClN5O4S/c21-14-6-1-4-12(10-14)18-23-24-20(31-18)22-17(27)16-8-3-9-25(16)19(28)13-5-2-7-15(11-13)26(29)30/h1-2,4-7,10-11,16H,3,8-9H2,(H,22,24,27). The lowest BCUT2D eigenvalue weighted by Crippen LogP contribution is -2.43. The lowest BCUT2D eigenvalue weighted by atomic mass is 10.1. The molecule has 1 aliphatic rings. The molecule has 1 fully saturated rings. The Labute approximate surface area is 185 Å². The van der Waals surface area contributed by atoms with Gasteiger partial charge in [-0.05, 0) is 31.0 Å². The van der Waals surface area contributed by atoms with Gasteiger partial charge < -0.3 is 4.90 Å². The highest BCUT2D eigenvalue weighted by molar-refractivity contribution is 7.18. The third-order valence-electron chi connectivity index (χ3n) is 4.85. The number of benzene rings is 2. The quantitative estimate of drug-likeness (QED) is 0.456. The zero-order valence-corrected chi connectivity index (χ0v) is 17.6. The molecule has 0 saturated carbocycles. The van der Waals surface area contributed by atoms with Crippen LogP contribution in [0.25, 0.3) is 10.6 Å². The molecule has 1 aromatic heterocycles. The van der Waals surface area contributed by atoms with E-state index in [1.165, 1.54) is 40.5 Å². The monoisotopic (exact) mass is 457 g/mol. The fourth-order valence-corrected chi connectivity index (χ4v) is 4.33. The Morgan fingerprint density at radius 2 is 2.00 bits per heavy atom. The van der Waals surface area contributed by atoms with Gasteiger partial charge in [0.25, 0.3) is 11.6 Å². The lowest BCUT2D eigenvalue weighted by molar-refractivity contribution is -0.384. The van der Waals surface area contributed by atoms with Crippen molar-refractivity contribution in [2.75, 3.05) is 11.9 Å². The van der Waals surface area contributed by atoms with Crippen LogP contribution < -0.4 is 5.32 Å². The molecule has 9 nitrogen and oxygen atoms in total. The third kappa shape index (κ3) is 4.54. The Hall–Kier alpha value is -3.37. The molecular weight excluding hydrogens is 442 g/mol. The molecule has 2 aromatic carbocycles. The van der Waals surface area contributed by atoms with Gasteiger partial charge in [0.15, 0.2) is 0 Å². The number of anilines is 1. The second-order valence-electron chi connectivity index (χ2n) is 6.88. The van der Waals surface area contributed by atoms with Gasteiger partial charge in [0, 0.05) is 34.8 Å². The van der Waals surface area contributed by atoms with Crippen LogP contribution in [-0.2, 0) is 4.79 Å². The molecule has 0 bridgehead atoms. The molecule has 1 unspecified atom stereocenters. The van der Waals surface area contributed by atoms with Crippen molar-refractivity contribution in [2.24, 2.45) is 0 Å². The molecule has 0 aliphatic carbocycles. The molecule has 1 atom stereocenters. The zero-order chi connectivity index (χ0) is 22.0. The van der Waals surface area contributed by atoms with Gasteiger partial charge in [-0.2, -0.15) is 0 Å². The van der Waals surface area contributed by atoms with Crippen molar-refractivity contribution < 1.29 is 14.5 Å². The summed E-state index contributed by atoms with van der Waals surface area (Å²) in [5.74, 6) is -0.789. The first-order chi connectivity index (χ1) is 14.9. The largest absolute Gasteiger partial charge is 0.327 e. The van der Waals surface area contributed by atoms with Crippen molar-refractivity contribution in [1.82, 2.24) is 15.1 Å². The summed E-state index contributed by atoms with van der Waals surface area (Å²) in [7, 11) is 0. The molecule has 2 amide bonds. The number of rotatable bonds is 5. The van der Waals surface area contributed by atoms with Crippen LogP contribution in [0.4, 0.5) is 10.8 Å². The molecule has 0 spiro atoms.